The lowest BCUT2D eigenvalue weighted by Gasteiger charge is -2.12. The molecular formula is C19H16O. The summed E-state index contributed by atoms with van der Waals surface area (Å²) in [6.45, 7) is 2.19. The Balaban J connectivity index is 1.92. The first-order valence-electron chi connectivity index (χ1n) is 7.09. The first-order valence-corrected chi connectivity index (χ1v) is 7.09. The van der Waals surface area contributed by atoms with Crippen LogP contribution in [0.15, 0.2) is 64.6 Å². The number of furan rings is 1. The molecule has 0 saturated carbocycles. The van der Waals surface area contributed by atoms with Gasteiger partial charge in [0, 0.05) is 10.8 Å². The average molecular weight is 260 g/mol. The van der Waals surface area contributed by atoms with Crippen LogP contribution in [0.25, 0.3) is 27.5 Å². The van der Waals surface area contributed by atoms with E-state index in [1.54, 1.807) is 0 Å². The van der Waals surface area contributed by atoms with Crippen LogP contribution >= 0.6 is 0 Å². The van der Waals surface area contributed by atoms with E-state index in [1.807, 2.05) is 12.1 Å². The molecule has 0 N–H and O–H groups in total. The first kappa shape index (κ1) is 11.5. The van der Waals surface area contributed by atoms with E-state index >= 15 is 0 Å². The molecule has 1 aliphatic carbocycles. The van der Waals surface area contributed by atoms with E-state index in [1.165, 1.54) is 27.5 Å². The summed E-state index contributed by atoms with van der Waals surface area (Å²) in [5.74, 6) is 0. The standard InChI is InChI=1S/C19H16O/c1-13-6-8-14(9-7-13)15-10-11-19-17(12-15)16-4-2-3-5-18(16)20-19/h2-6,8,10-12H,7,9H2,1H3. The Morgan fingerprint density at radius 3 is 2.55 bits per heavy atom. The summed E-state index contributed by atoms with van der Waals surface area (Å²) in [5, 5.41) is 2.41. The van der Waals surface area contributed by atoms with Crippen LogP contribution in [0.3, 0.4) is 0 Å². The smallest absolute Gasteiger partial charge is 0.135 e. The van der Waals surface area contributed by atoms with Crippen LogP contribution in [-0.2, 0) is 0 Å². The van der Waals surface area contributed by atoms with E-state index in [4.69, 9.17) is 4.42 Å². The van der Waals surface area contributed by atoms with E-state index in [0.29, 0.717) is 0 Å². The molecule has 20 heavy (non-hydrogen) atoms. The van der Waals surface area contributed by atoms with Crippen molar-refractivity contribution >= 4 is 27.5 Å². The predicted octanol–water partition coefficient (Wildman–Crippen LogP) is 5.71. The molecule has 0 amide bonds. The largest absolute Gasteiger partial charge is 0.456 e. The van der Waals surface area contributed by atoms with Crippen molar-refractivity contribution in [2.24, 2.45) is 0 Å². The van der Waals surface area contributed by atoms with E-state index < -0.39 is 0 Å². The number of allylic oxidation sites excluding steroid dienone is 4. The summed E-state index contributed by atoms with van der Waals surface area (Å²) in [4.78, 5) is 0. The molecule has 0 saturated heterocycles. The summed E-state index contributed by atoms with van der Waals surface area (Å²) < 4.78 is 5.88. The zero-order valence-corrected chi connectivity index (χ0v) is 11.5. The molecular weight excluding hydrogens is 244 g/mol. The quantitative estimate of drug-likeness (QED) is 0.546. The molecule has 1 aliphatic rings. The predicted molar refractivity (Wildman–Crippen MR) is 84.7 cm³/mol. The fourth-order valence-electron chi connectivity index (χ4n) is 2.91. The summed E-state index contributed by atoms with van der Waals surface area (Å²) in [6, 6.07) is 14.8. The van der Waals surface area contributed by atoms with Crippen LogP contribution in [0.4, 0.5) is 0 Å². The van der Waals surface area contributed by atoms with Crippen molar-refractivity contribution in [3.8, 4) is 0 Å². The van der Waals surface area contributed by atoms with Gasteiger partial charge < -0.3 is 4.42 Å². The van der Waals surface area contributed by atoms with Crippen molar-refractivity contribution < 1.29 is 4.42 Å². The fourth-order valence-corrected chi connectivity index (χ4v) is 2.91. The molecule has 0 fully saturated rings. The van der Waals surface area contributed by atoms with Crippen LogP contribution in [0, 0.1) is 0 Å². The third-order valence-electron chi connectivity index (χ3n) is 4.11. The molecule has 0 spiro atoms. The van der Waals surface area contributed by atoms with E-state index in [2.05, 4.69) is 49.4 Å². The Kier molecular flexibility index (Phi) is 2.53. The second-order valence-electron chi connectivity index (χ2n) is 5.51. The topological polar surface area (TPSA) is 13.1 Å². The van der Waals surface area contributed by atoms with Gasteiger partial charge in [-0.25, -0.2) is 0 Å². The molecule has 1 heteroatoms. The lowest BCUT2D eigenvalue weighted by atomic mass is 9.93. The van der Waals surface area contributed by atoms with Crippen molar-refractivity contribution in [3.63, 3.8) is 0 Å². The number of para-hydroxylation sites is 1. The molecule has 0 radical (unpaired) electrons. The molecule has 0 bridgehead atoms. The zero-order valence-electron chi connectivity index (χ0n) is 11.5. The maximum absolute atomic E-state index is 5.88. The minimum Gasteiger partial charge on any atom is -0.456 e. The lowest BCUT2D eigenvalue weighted by molar-refractivity contribution is 0.669. The maximum Gasteiger partial charge on any atom is 0.135 e. The van der Waals surface area contributed by atoms with E-state index in [-0.39, 0.29) is 0 Å². The van der Waals surface area contributed by atoms with Crippen LogP contribution in [-0.4, -0.2) is 0 Å². The second-order valence-corrected chi connectivity index (χ2v) is 5.51. The number of benzene rings is 2. The summed E-state index contributed by atoms with van der Waals surface area (Å²) in [7, 11) is 0. The van der Waals surface area contributed by atoms with Gasteiger partial charge in [-0.15, -0.1) is 0 Å². The minimum atomic E-state index is 0.966. The van der Waals surface area contributed by atoms with Crippen LogP contribution in [0.1, 0.15) is 25.3 Å². The summed E-state index contributed by atoms with van der Waals surface area (Å²) in [6.07, 6.45) is 6.78. The Morgan fingerprint density at radius 1 is 0.850 bits per heavy atom. The first-order chi connectivity index (χ1) is 9.81. The highest BCUT2D eigenvalue weighted by Crippen LogP contribution is 2.33. The maximum atomic E-state index is 5.88. The zero-order chi connectivity index (χ0) is 13.5. The minimum absolute atomic E-state index is 0.966. The third kappa shape index (κ3) is 1.78. The van der Waals surface area contributed by atoms with Crippen molar-refractivity contribution in [2.45, 2.75) is 19.8 Å². The van der Waals surface area contributed by atoms with Crippen molar-refractivity contribution in [1.29, 1.82) is 0 Å². The van der Waals surface area contributed by atoms with Crippen LogP contribution in [0.2, 0.25) is 0 Å². The molecule has 0 atom stereocenters. The van der Waals surface area contributed by atoms with Gasteiger partial charge in [0.1, 0.15) is 11.2 Å². The summed E-state index contributed by atoms with van der Waals surface area (Å²) in [5.41, 5.74) is 6.13. The van der Waals surface area contributed by atoms with Gasteiger partial charge in [-0.2, -0.15) is 0 Å². The highest BCUT2D eigenvalue weighted by molar-refractivity contribution is 6.05. The van der Waals surface area contributed by atoms with Gasteiger partial charge in [0.2, 0.25) is 0 Å². The van der Waals surface area contributed by atoms with Gasteiger partial charge in [0.25, 0.3) is 0 Å². The molecule has 1 aromatic heterocycles. The van der Waals surface area contributed by atoms with E-state index in [0.717, 1.165) is 24.0 Å². The van der Waals surface area contributed by atoms with Crippen molar-refractivity contribution in [2.75, 3.05) is 0 Å². The van der Waals surface area contributed by atoms with Crippen molar-refractivity contribution in [3.05, 3.63) is 65.8 Å². The molecule has 3 aromatic rings. The molecule has 4 rings (SSSR count). The lowest BCUT2D eigenvalue weighted by Crippen LogP contribution is -1.90. The molecule has 0 unspecified atom stereocenters. The fraction of sp³-hybridized carbons (Fsp3) is 0.158. The van der Waals surface area contributed by atoms with Gasteiger partial charge in [-0.3, -0.25) is 0 Å². The van der Waals surface area contributed by atoms with Gasteiger partial charge >= 0.3 is 0 Å². The van der Waals surface area contributed by atoms with Gasteiger partial charge in [-0.05, 0) is 49.1 Å². The van der Waals surface area contributed by atoms with Crippen LogP contribution in [0.5, 0.6) is 0 Å². The van der Waals surface area contributed by atoms with E-state index in [9.17, 15) is 0 Å². The van der Waals surface area contributed by atoms with Gasteiger partial charge in [0.15, 0.2) is 0 Å². The Bertz CT molecular complexity index is 862. The molecule has 0 aliphatic heterocycles. The molecule has 98 valence electrons. The normalized spacial score (nSPS) is 15.4. The Hall–Kier alpha value is -2.28. The third-order valence-corrected chi connectivity index (χ3v) is 4.11. The number of fused-ring (bicyclic) bond motifs is 3. The number of rotatable bonds is 1. The Morgan fingerprint density at radius 2 is 1.70 bits per heavy atom. The highest BCUT2D eigenvalue weighted by Gasteiger charge is 2.10. The monoisotopic (exact) mass is 260 g/mol. The van der Waals surface area contributed by atoms with Gasteiger partial charge in [0.05, 0.1) is 0 Å². The average Bonchev–Trinajstić information content (AvgIpc) is 2.86. The molecule has 1 heterocycles. The number of hydrogen-bond acceptors (Lipinski definition) is 1. The molecule has 1 nitrogen and oxygen atoms in total. The Labute approximate surface area is 118 Å². The highest BCUT2D eigenvalue weighted by atomic mass is 16.3. The van der Waals surface area contributed by atoms with Gasteiger partial charge in [-0.1, -0.05) is 42.0 Å². The second kappa shape index (κ2) is 4.38. The van der Waals surface area contributed by atoms with Crippen LogP contribution < -0.4 is 0 Å². The number of hydrogen-bond donors (Lipinski definition) is 0. The summed E-state index contributed by atoms with van der Waals surface area (Å²) >= 11 is 0. The van der Waals surface area contributed by atoms with Crippen molar-refractivity contribution in [1.82, 2.24) is 0 Å². The molecule has 2 aromatic carbocycles. The SMILES string of the molecule is CC1=CC=C(c2ccc3oc4ccccc4c3c2)CC1.